The lowest BCUT2D eigenvalue weighted by atomic mass is 9.85. The van der Waals surface area contributed by atoms with Crippen molar-refractivity contribution in [3.8, 4) is 0 Å². The molecule has 13 heteroatoms. The molecule has 1 aliphatic rings. The maximum absolute atomic E-state index is 13.1. The Morgan fingerprint density at radius 1 is 1.03 bits per heavy atom. The summed E-state index contributed by atoms with van der Waals surface area (Å²) in [7, 11) is 3.80. The number of aromatic nitrogens is 2. The van der Waals surface area contributed by atoms with Crippen LogP contribution in [0.1, 0.15) is 36.0 Å². The zero-order valence-corrected chi connectivity index (χ0v) is 22.6. The van der Waals surface area contributed by atoms with Crippen LogP contribution in [0.15, 0.2) is 42.5 Å². The second kappa shape index (κ2) is 11.8. The summed E-state index contributed by atoms with van der Waals surface area (Å²) in [5.41, 5.74) is 0.709. The zero-order chi connectivity index (χ0) is 28.3. The van der Waals surface area contributed by atoms with Crippen LogP contribution < -0.4 is 10.2 Å². The lowest BCUT2D eigenvalue weighted by Crippen LogP contribution is -2.46. The molecule has 3 aromatic rings. The summed E-state index contributed by atoms with van der Waals surface area (Å²) in [6, 6.07) is 10.8. The van der Waals surface area contributed by atoms with E-state index in [0.717, 1.165) is 16.7 Å². The summed E-state index contributed by atoms with van der Waals surface area (Å²) < 4.78 is 39.0. The van der Waals surface area contributed by atoms with Crippen molar-refractivity contribution in [3.63, 3.8) is 0 Å². The third-order valence-electron chi connectivity index (χ3n) is 6.43. The minimum Gasteiger partial charge on any atom is -0.362 e. The number of hydrogen-bond donors (Lipinski definition) is 1. The van der Waals surface area contributed by atoms with Gasteiger partial charge in [0.15, 0.2) is 0 Å². The number of para-hydroxylation sites is 1. The minimum atomic E-state index is -5.27. The van der Waals surface area contributed by atoms with Gasteiger partial charge in [0, 0.05) is 41.6 Å². The third-order valence-corrected chi connectivity index (χ3v) is 6.86. The average molecular weight is 584 g/mol. The summed E-state index contributed by atoms with van der Waals surface area (Å²) in [4.78, 5) is 40.5. The van der Waals surface area contributed by atoms with E-state index in [1.807, 2.05) is 43.3 Å². The Labute approximate surface area is 233 Å². The maximum atomic E-state index is 13.1. The number of benzene rings is 2. The Bertz CT molecular complexity index is 1340. The first-order valence-electron chi connectivity index (χ1n) is 12.2. The highest BCUT2D eigenvalue weighted by atomic mass is 35.5. The number of alkyl halides is 3. The van der Waals surface area contributed by atoms with E-state index in [4.69, 9.17) is 23.2 Å². The van der Waals surface area contributed by atoms with Crippen molar-refractivity contribution in [3.05, 3.63) is 58.1 Å². The van der Waals surface area contributed by atoms with Crippen LogP contribution in [-0.4, -0.2) is 59.8 Å². The molecule has 4 rings (SSSR count). The second-order valence-corrected chi connectivity index (χ2v) is 10.4. The van der Waals surface area contributed by atoms with E-state index >= 15 is 0 Å². The van der Waals surface area contributed by atoms with Gasteiger partial charge in [-0.1, -0.05) is 35.3 Å². The predicted molar refractivity (Wildman–Crippen MR) is 143 cm³/mol. The van der Waals surface area contributed by atoms with E-state index < -0.39 is 24.1 Å². The molecule has 0 radical (unpaired) electrons. The Balaban J connectivity index is 1.44. The van der Waals surface area contributed by atoms with Crippen molar-refractivity contribution < 1.29 is 27.6 Å². The van der Waals surface area contributed by atoms with Crippen LogP contribution in [0.5, 0.6) is 0 Å². The van der Waals surface area contributed by atoms with Gasteiger partial charge >= 0.3 is 12.1 Å². The van der Waals surface area contributed by atoms with Gasteiger partial charge in [-0.05, 0) is 61.9 Å². The van der Waals surface area contributed by atoms with Gasteiger partial charge < -0.3 is 15.1 Å². The standard InChI is InChI=1S/C26H26Cl2F3N5O3/c1-35(2)22-20-5-3-4-6-21(20)33-25(34-22)32-14-15-7-9-19(10-8-15)36(39-24(38)26(29,30)31)23(37)16-11-17(27)13-18(28)12-16/h3-6,11-13,15,19H,7-10,14H2,1-2H3,(H,32,33,34). The third kappa shape index (κ3) is 7.02. The molecule has 0 atom stereocenters. The summed E-state index contributed by atoms with van der Waals surface area (Å²) in [5.74, 6) is -2.03. The van der Waals surface area contributed by atoms with Gasteiger partial charge in [0.25, 0.3) is 5.91 Å². The lowest BCUT2D eigenvalue weighted by molar-refractivity contribution is -0.235. The molecule has 1 saturated carbocycles. The van der Waals surface area contributed by atoms with Crippen molar-refractivity contribution in [2.75, 3.05) is 30.9 Å². The quantitative estimate of drug-likeness (QED) is 0.349. The van der Waals surface area contributed by atoms with Gasteiger partial charge in [-0.3, -0.25) is 4.79 Å². The second-order valence-electron chi connectivity index (χ2n) is 9.50. The molecule has 0 spiro atoms. The first kappa shape index (κ1) is 28.7. The fourth-order valence-corrected chi connectivity index (χ4v) is 5.05. The number of amides is 1. The SMILES string of the molecule is CN(C)c1nc(NCC2CCC(N(OC(=O)C(F)(F)F)C(=O)c3cc(Cl)cc(Cl)c3)CC2)nc2ccccc12. The van der Waals surface area contributed by atoms with Crippen molar-refractivity contribution in [1.29, 1.82) is 0 Å². The molecule has 0 aliphatic heterocycles. The molecule has 1 N–H and O–H groups in total. The normalized spacial score (nSPS) is 17.5. The van der Waals surface area contributed by atoms with E-state index in [1.165, 1.54) is 18.2 Å². The van der Waals surface area contributed by atoms with Crippen LogP contribution in [0.25, 0.3) is 10.9 Å². The number of fused-ring (bicyclic) bond motifs is 1. The summed E-state index contributed by atoms with van der Waals surface area (Å²) in [6.45, 7) is 0.526. The van der Waals surface area contributed by atoms with Crippen molar-refractivity contribution in [2.24, 2.45) is 5.92 Å². The number of carbonyl (C=O) groups is 2. The lowest BCUT2D eigenvalue weighted by Gasteiger charge is -2.35. The van der Waals surface area contributed by atoms with Crippen LogP contribution in [0.2, 0.25) is 10.0 Å². The van der Waals surface area contributed by atoms with E-state index in [2.05, 4.69) is 20.1 Å². The highest BCUT2D eigenvalue weighted by molar-refractivity contribution is 6.35. The number of nitrogens with zero attached hydrogens (tertiary/aromatic N) is 4. The van der Waals surface area contributed by atoms with Crippen molar-refractivity contribution in [1.82, 2.24) is 15.0 Å². The summed E-state index contributed by atoms with van der Waals surface area (Å²) in [5, 5.41) is 4.94. The number of hydrogen-bond acceptors (Lipinski definition) is 7. The van der Waals surface area contributed by atoms with Gasteiger partial charge in [-0.2, -0.15) is 23.2 Å². The maximum Gasteiger partial charge on any atom is 0.493 e. The van der Waals surface area contributed by atoms with Crippen LogP contribution >= 0.6 is 23.2 Å². The summed E-state index contributed by atoms with van der Waals surface area (Å²) >= 11 is 11.9. The number of anilines is 2. The fourth-order valence-electron chi connectivity index (χ4n) is 4.53. The van der Waals surface area contributed by atoms with E-state index in [9.17, 15) is 22.8 Å². The van der Waals surface area contributed by atoms with E-state index in [1.54, 1.807) is 0 Å². The Hall–Kier alpha value is -3.31. The fraction of sp³-hybridized carbons (Fsp3) is 0.385. The van der Waals surface area contributed by atoms with Crippen LogP contribution in [-0.2, 0) is 9.63 Å². The highest BCUT2D eigenvalue weighted by Gasteiger charge is 2.45. The summed E-state index contributed by atoms with van der Waals surface area (Å²) in [6.07, 6.45) is -3.50. The van der Waals surface area contributed by atoms with Gasteiger partial charge in [0.1, 0.15) is 5.82 Å². The molecule has 1 aromatic heterocycles. The van der Waals surface area contributed by atoms with Crippen molar-refractivity contribution >= 4 is 57.7 Å². The molecule has 0 bridgehead atoms. The van der Waals surface area contributed by atoms with Crippen LogP contribution in [0.4, 0.5) is 24.9 Å². The molecule has 0 saturated heterocycles. The van der Waals surface area contributed by atoms with Crippen LogP contribution in [0, 0.1) is 5.92 Å². The van der Waals surface area contributed by atoms with Crippen molar-refractivity contribution in [2.45, 2.75) is 37.9 Å². The predicted octanol–water partition coefficient (Wildman–Crippen LogP) is 6.14. The number of rotatable bonds is 6. The Kier molecular flexibility index (Phi) is 8.70. The first-order chi connectivity index (χ1) is 18.4. The molecule has 1 heterocycles. The minimum absolute atomic E-state index is 0.0867. The molecular formula is C26H26Cl2F3N5O3. The number of hydroxylamine groups is 2. The van der Waals surface area contributed by atoms with Crippen LogP contribution in [0.3, 0.4) is 0 Å². The molecule has 0 unspecified atom stereocenters. The molecule has 1 aliphatic carbocycles. The molecule has 39 heavy (non-hydrogen) atoms. The highest BCUT2D eigenvalue weighted by Crippen LogP contribution is 2.32. The number of carbonyl (C=O) groups excluding carboxylic acids is 2. The monoisotopic (exact) mass is 583 g/mol. The number of nitrogens with one attached hydrogen (secondary N) is 1. The van der Waals surface area contributed by atoms with Gasteiger partial charge in [-0.25, -0.2) is 9.78 Å². The zero-order valence-electron chi connectivity index (χ0n) is 21.1. The smallest absolute Gasteiger partial charge is 0.362 e. The Morgan fingerprint density at radius 2 is 1.67 bits per heavy atom. The molecule has 8 nitrogen and oxygen atoms in total. The first-order valence-corrected chi connectivity index (χ1v) is 12.9. The molecule has 2 aromatic carbocycles. The van der Waals surface area contributed by atoms with E-state index in [-0.39, 0.29) is 21.5 Å². The topological polar surface area (TPSA) is 87.7 Å². The number of halogens is 5. The molecular weight excluding hydrogens is 558 g/mol. The average Bonchev–Trinajstić information content (AvgIpc) is 2.88. The van der Waals surface area contributed by atoms with Gasteiger partial charge in [0.05, 0.1) is 11.6 Å². The molecule has 1 fully saturated rings. The van der Waals surface area contributed by atoms with E-state index in [0.29, 0.717) is 43.2 Å². The Morgan fingerprint density at radius 3 is 2.28 bits per heavy atom. The largest absolute Gasteiger partial charge is 0.493 e. The molecule has 208 valence electrons. The molecule has 1 amide bonds. The van der Waals surface area contributed by atoms with Gasteiger partial charge in [0.2, 0.25) is 5.95 Å². The van der Waals surface area contributed by atoms with Gasteiger partial charge in [-0.15, -0.1) is 0 Å².